The summed E-state index contributed by atoms with van der Waals surface area (Å²) in [6.45, 7) is 7.43. The number of rotatable bonds is 4. The first-order chi connectivity index (χ1) is 13.2. The van der Waals surface area contributed by atoms with Gasteiger partial charge in [-0.1, -0.05) is 12.1 Å². The van der Waals surface area contributed by atoms with Gasteiger partial charge in [0, 0.05) is 56.9 Å². The maximum atomic E-state index is 13.0. The summed E-state index contributed by atoms with van der Waals surface area (Å²) in [6, 6.07) is 8.46. The summed E-state index contributed by atoms with van der Waals surface area (Å²) in [6.07, 6.45) is 2.76. The van der Waals surface area contributed by atoms with Gasteiger partial charge in [-0.3, -0.25) is 4.79 Å². The summed E-state index contributed by atoms with van der Waals surface area (Å²) in [4.78, 5) is 31.2. The van der Waals surface area contributed by atoms with E-state index in [1.165, 1.54) is 5.56 Å². The van der Waals surface area contributed by atoms with Crippen LogP contribution in [0.4, 0.5) is 4.79 Å². The molecule has 0 radical (unpaired) electrons. The number of ether oxygens (including phenoxy) is 1. The van der Waals surface area contributed by atoms with Crippen LogP contribution in [0.25, 0.3) is 0 Å². The van der Waals surface area contributed by atoms with Gasteiger partial charge in [0.15, 0.2) is 0 Å². The minimum atomic E-state index is 0.108. The lowest BCUT2D eigenvalue weighted by molar-refractivity contribution is 0.0663. The smallest absolute Gasteiger partial charge is 0.320 e. The van der Waals surface area contributed by atoms with Crippen LogP contribution in [0.3, 0.4) is 0 Å². The van der Waals surface area contributed by atoms with Gasteiger partial charge >= 0.3 is 6.03 Å². The van der Waals surface area contributed by atoms with Gasteiger partial charge < -0.3 is 19.4 Å². The normalized spacial score (nSPS) is 24.1. The highest BCUT2D eigenvalue weighted by atomic mass is 16.5. The molecule has 0 aliphatic carbocycles. The number of hydrogen-bond donors (Lipinski definition) is 0. The molecular formula is C21H29N3O3. The van der Waals surface area contributed by atoms with Crippen LogP contribution in [0.5, 0.6) is 0 Å². The molecule has 6 heteroatoms. The van der Waals surface area contributed by atoms with E-state index >= 15 is 0 Å². The fraction of sp³-hybridized carbons (Fsp3) is 0.619. The predicted octanol–water partition coefficient (Wildman–Crippen LogP) is 2.55. The van der Waals surface area contributed by atoms with Crippen LogP contribution in [0, 0.1) is 0 Å². The summed E-state index contributed by atoms with van der Waals surface area (Å²) in [7, 11) is 0. The summed E-state index contributed by atoms with van der Waals surface area (Å²) < 4.78 is 5.48. The standard InChI is InChI=1S/C21H29N3O3/c1-2-22-11-12-24(21(22)26)19-6-9-23(10-7-19)20(25)17-5-3-4-16(14-17)18-8-13-27-15-18/h3-5,14,18-19H,2,6-13,15H2,1H3. The average molecular weight is 371 g/mol. The molecule has 0 saturated carbocycles. The number of amides is 3. The Morgan fingerprint density at radius 2 is 1.96 bits per heavy atom. The maximum absolute atomic E-state index is 13.0. The van der Waals surface area contributed by atoms with E-state index in [1.807, 2.05) is 39.8 Å². The monoisotopic (exact) mass is 371 g/mol. The van der Waals surface area contributed by atoms with Crippen molar-refractivity contribution in [2.45, 2.75) is 38.1 Å². The molecule has 0 spiro atoms. The first-order valence-corrected chi connectivity index (χ1v) is 10.2. The van der Waals surface area contributed by atoms with Gasteiger partial charge in [-0.05, 0) is 43.9 Å². The Morgan fingerprint density at radius 1 is 1.15 bits per heavy atom. The molecule has 1 aromatic rings. The largest absolute Gasteiger partial charge is 0.381 e. The lowest BCUT2D eigenvalue weighted by Gasteiger charge is -2.36. The van der Waals surface area contributed by atoms with Gasteiger partial charge in [-0.15, -0.1) is 0 Å². The Morgan fingerprint density at radius 3 is 2.63 bits per heavy atom. The second-order valence-electron chi connectivity index (χ2n) is 7.76. The summed E-state index contributed by atoms with van der Waals surface area (Å²) in [5.41, 5.74) is 1.97. The Kier molecular flexibility index (Phi) is 5.34. The summed E-state index contributed by atoms with van der Waals surface area (Å²) in [5.74, 6) is 0.517. The van der Waals surface area contributed by atoms with Crippen LogP contribution >= 0.6 is 0 Å². The zero-order valence-corrected chi connectivity index (χ0v) is 16.1. The molecule has 0 N–H and O–H groups in total. The Labute approximate surface area is 161 Å². The molecule has 3 fully saturated rings. The molecule has 146 valence electrons. The molecule has 6 nitrogen and oxygen atoms in total. The lowest BCUT2D eigenvalue weighted by Crippen LogP contribution is -2.48. The Balaban J connectivity index is 1.36. The first kappa shape index (κ1) is 18.3. The van der Waals surface area contributed by atoms with Crippen molar-refractivity contribution in [3.05, 3.63) is 35.4 Å². The minimum Gasteiger partial charge on any atom is -0.381 e. The van der Waals surface area contributed by atoms with Gasteiger partial charge in [0.1, 0.15) is 0 Å². The molecule has 3 saturated heterocycles. The van der Waals surface area contributed by atoms with Crippen LogP contribution in [-0.4, -0.2) is 78.6 Å². The van der Waals surface area contributed by atoms with Crippen molar-refractivity contribution in [3.63, 3.8) is 0 Å². The van der Waals surface area contributed by atoms with Crippen molar-refractivity contribution in [3.8, 4) is 0 Å². The van der Waals surface area contributed by atoms with E-state index in [0.717, 1.165) is 70.8 Å². The maximum Gasteiger partial charge on any atom is 0.320 e. The van der Waals surface area contributed by atoms with E-state index in [9.17, 15) is 9.59 Å². The SMILES string of the molecule is CCN1CCN(C2CCN(C(=O)c3cccc(C4CCOC4)c3)CC2)C1=O. The van der Waals surface area contributed by atoms with Gasteiger partial charge in [-0.25, -0.2) is 4.79 Å². The van der Waals surface area contributed by atoms with Crippen LogP contribution in [0.1, 0.15) is 48.0 Å². The van der Waals surface area contributed by atoms with Gasteiger partial charge in [0.2, 0.25) is 0 Å². The number of likely N-dealkylation sites (tertiary alicyclic amines) is 1. The van der Waals surface area contributed by atoms with Crippen molar-refractivity contribution >= 4 is 11.9 Å². The molecule has 27 heavy (non-hydrogen) atoms. The van der Waals surface area contributed by atoms with Crippen LogP contribution < -0.4 is 0 Å². The Hall–Kier alpha value is -2.08. The van der Waals surface area contributed by atoms with E-state index < -0.39 is 0 Å². The van der Waals surface area contributed by atoms with Crippen LogP contribution in [0.2, 0.25) is 0 Å². The minimum absolute atomic E-state index is 0.108. The topological polar surface area (TPSA) is 53.1 Å². The molecule has 1 unspecified atom stereocenters. The molecular weight excluding hydrogens is 342 g/mol. The number of carbonyl (C=O) groups is 2. The first-order valence-electron chi connectivity index (χ1n) is 10.2. The highest BCUT2D eigenvalue weighted by Crippen LogP contribution is 2.27. The van der Waals surface area contributed by atoms with E-state index in [-0.39, 0.29) is 18.0 Å². The van der Waals surface area contributed by atoms with Crippen LogP contribution in [-0.2, 0) is 4.74 Å². The molecule has 3 aliphatic heterocycles. The number of benzene rings is 1. The third-order valence-electron chi connectivity index (χ3n) is 6.24. The van der Waals surface area contributed by atoms with Crippen molar-refractivity contribution in [1.29, 1.82) is 0 Å². The molecule has 3 aliphatic rings. The zero-order chi connectivity index (χ0) is 18.8. The summed E-state index contributed by atoms with van der Waals surface area (Å²) in [5, 5.41) is 0. The fourth-order valence-corrected chi connectivity index (χ4v) is 4.52. The Bertz CT molecular complexity index is 694. The highest BCUT2D eigenvalue weighted by molar-refractivity contribution is 5.94. The third-order valence-corrected chi connectivity index (χ3v) is 6.24. The van der Waals surface area contributed by atoms with Crippen LogP contribution in [0.15, 0.2) is 24.3 Å². The molecule has 0 bridgehead atoms. The number of likely N-dealkylation sites (N-methyl/N-ethyl adjacent to an activating group) is 1. The lowest BCUT2D eigenvalue weighted by atomic mass is 9.96. The van der Waals surface area contributed by atoms with E-state index in [2.05, 4.69) is 6.07 Å². The second-order valence-corrected chi connectivity index (χ2v) is 7.76. The summed E-state index contributed by atoms with van der Waals surface area (Å²) >= 11 is 0. The van der Waals surface area contributed by atoms with Gasteiger partial charge in [0.05, 0.1) is 6.61 Å². The molecule has 0 aromatic heterocycles. The predicted molar refractivity (Wildman–Crippen MR) is 103 cm³/mol. The van der Waals surface area contributed by atoms with Crippen molar-refractivity contribution in [1.82, 2.24) is 14.7 Å². The van der Waals surface area contributed by atoms with E-state index in [1.54, 1.807) is 0 Å². The molecule has 3 amide bonds. The number of nitrogens with zero attached hydrogens (tertiary/aromatic N) is 3. The zero-order valence-electron chi connectivity index (χ0n) is 16.1. The number of piperidine rings is 1. The third kappa shape index (κ3) is 3.68. The molecule has 4 rings (SSSR count). The fourth-order valence-electron chi connectivity index (χ4n) is 4.52. The number of urea groups is 1. The van der Waals surface area contributed by atoms with Crippen molar-refractivity contribution in [2.75, 3.05) is 45.9 Å². The van der Waals surface area contributed by atoms with E-state index in [0.29, 0.717) is 5.92 Å². The van der Waals surface area contributed by atoms with E-state index in [4.69, 9.17) is 4.74 Å². The highest BCUT2D eigenvalue weighted by Gasteiger charge is 2.35. The average Bonchev–Trinajstić information content (AvgIpc) is 3.37. The number of hydrogen-bond acceptors (Lipinski definition) is 3. The van der Waals surface area contributed by atoms with Crippen molar-refractivity contribution in [2.24, 2.45) is 0 Å². The molecule has 1 aromatic carbocycles. The quantitative estimate of drug-likeness (QED) is 0.817. The second kappa shape index (κ2) is 7.89. The van der Waals surface area contributed by atoms with Crippen molar-refractivity contribution < 1.29 is 14.3 Å². The van der Waals surface area contributed by atoms with Gasteiger partial charge in [0.25, 0.3) is 5.91 Å². The molecule has 1 atom stereocenters. The number of carbonyl (C=O) groups excluding carboxylic acids is 2. The van der Waals surface area contributed by atoms with Gasteiger partial charge in [-0.2, -0.15) is 0 Å². The molecule has 3 heterocycles.